The molecule has 0 unspecified atom stereocenters. The van der Waals surface area contributed by atoms with E-state index in [1.807, 2.05) is 0 Å². The van der Waals surface area contributed by atoms with Crippen LogP contribution in [0.2, 0.25) is 0 Å². The lowest BCUT2D eigenvalue weighted by Gasteiger charge is -2.48. The summed E-state index contributed by atoms with van der Waals surface area (Å²) in [5, 5.41) is 3.58. The summed E-state index contributed by atoms with van der Waals surface area (Å²) in [6.45, 7) is 9.42. The van der Waals surface area contributed by atoms with E-state index < -0.39 is 0 Å². The molecule has 0 bridgehead atoms. The molecule has 0 aliphatic heterocycles. The highest BCUT2D eigenvalue weighted by molar-refractivity contribution is 4.92. The van der Waals surface area contributed by atoms with Crippen molar-refractivity contribution in [1.82, 2.24) is 5.32 Å². The van der Waals surface area contributed by atoms with Gasteiger partial charge in [0.2, 0.25) is 0 Å². The van der Waals surface area contributed by atoms with E-state index in [-0.39, 0.29) is 0 Å². The maximum atomic E-state index is 3.58. The van der Waals surface area contributed by atoms with Gasteiger partial charge in [0.1, 0.15) is 0 Å². The van der Waals surface area contributed by atoms with E-state index in [1.54, 1.807) is 0 Å². The van der Waals surface area contributed by atoms with Crippen LogP contribution in [0, 0.1) is 11.3 Å². The van der Waals surface area contributed by atoms with Crippen molar-refractivity contribution < 1.29 is 0 Å². The van der Waals surface area contributed by atoms with Gasteiger partial charge in [-0.2, -0.15) is 0 Å². The second kappa shape index (κ2) is 6.52. The first-order valence-electron chi connectivity index (χ1n) is 6.97. The summed E-state index contributed by atoms with van der Waals surface area (Å²) in [4.78, 5) is 0. The van der Waals surface area contributed by atoms with Gasteiger partial charge in [-0.1, -0.05) is 40.0 Å². The van der Waals surface area contributed by atoms with Gasteiger partial charge in [-0.3, -0.25) is 0 Å². The molecule has 0 amide bonds. The fraction of sp³-hybridized carbons (Fsp3) is 1.00. The van der Waals surface area contributed by atoms with Crippen LogP contribution in [0.4, 0.5) is 0 Å². The quantitative estimate of drug-likeness (QED) is 0.599. The van der Waals surface area contributed by atoms with Gasteiger partial charge >= 0.3 is 0 Å². The molecule has 15 heavy (non-hydrogen) atoms. The first-order valence-corrected chi connectivity index (χ1v) is 6.97. The van der Waals surface area contributed by atoms with Gasteiger partial charge in [0.05, 0.1) is 0 Å². The van der Waals surface area contributed by atoms with Crippen molar-refractivity contribution in [1.29, 1.82) is 0 Å². The molecule has 1 N–H and O–H groups in total. The summed E-state index contributed by atoms with van der Waals surface area (Å²) >= 11 is 0. The molecule has 0 radical (unpaired) electrons. The normalized spacial score (nSPS) is 30.2. The summed E-state index contributed by atoms with van der Waals surface area (Å²) in [7, 11) is 0. The van der Waals surface area contributed by atoms with E-state index in [9.17, 15) is 0 Å². The van der Waals surface area contributed by atoms with Gasteiger partial charge in [-0.15, -0.1) is 0 Å². The fourth-order valence-electron chi connectivity index (χ4n) is 2.90. The SMILES string of the molecule is CCCCNCCC1(CC)CC(CC)C1. The first kappa shape index (κ1) is 13.0. The summed E-state index contributed by atoms with van der Waals surface area (Å²) < 4.78 is 0. The summed E-state index contributed by atoms with van der Waals surface area (Å²) in [5.74, 6) is 1.04. The second-order valence-electron chi connectivity index (χ2n) is 5.39. The average molecular weight is 211 g/mol. The van der Waals surface area contributed by atoms with Gasteiger partial charge in [0.25, 0.3) is 0 Å². The molecule has 1 heteroatoms. The van der Waals surface area contributed by atoms with Crippen molar-refractivity contribution >= 4 is 0 Å². The minimum Gasteiger partial charge on any atom is -0.317 e. The average Bonchev–Trinajstić information content (AvgIpc) is 2.21. The molecule has 1 aliphatic rings. The maximum absolute atomic E-state index is 3.58. The van der Waals surface area contributed by atoms with Crippen molar-refractivity contribution in [2.24, 2.45) is 11.3 Å². The van der Waals surface area contributed by atoms with Crippen LogP contribution in [0.15, 0.2) is 0 Å². The van der Waals surface area contributed by atoms with Crippen LogP contribution >= 0.6 is 0 Å². The lowest BCUT2D eigenvalue weighted by atomic mass is 9.58. The van der Waals surface area contributed by atoms with Crippen molar-refractivity contribution in [3.8, 4) is 0 Å². The minimum atomic E-state index is 0.722. The third-order valence-corrected chi connectivity index (χ3v) is 4.31. The van der Waals surface area contributed by atoms with Gasteiger partial charge < -0.3 is 5.32 Å². The number of hydrogen-bond acceptors (Lipinski definition) is 1. The molecule has 0 atom stereocenters. The van der Waals surface area contributed by atoms with Gasteiger partial charge in [0.15, 0.2) is 0 Å². The topological polar surface area (TPSA) is 12.0 Å². The summed E-state index contributed by atoms with van der Waals surface area (Å²) in [6, 6.07) is 0. The predicted molar refractivity (Wildman–Crippen MR) is 68.1 cm³/mol. The molecule has 1 saturated carbocycles. The number of hydrogen-bond donors (Lipinski definition) is 1. The van der Waals surface area contributed by atoms with E-state index in [1.165, 1.54) is 58.0 Å². The van der Waals surface area contributed by atoms with Crippen molar-refractivity contribution in [2.45, 2.75) is 65.7 Å². The van der Waals surface area contributed by atoms with Crippen LogP contribution in [0.3, 0.4) is 0 Å². The smallest absolute Gasteiger partial charge is 0.00436 e. The Kier molecular flexibility index (Phi) is 5.66. The number of unbranched alkanes of at least 4 members (excludes halogenated alkanes) is 1. The monoisotopic (exact) mass is 211 g/mol. The largest absolute Gasteiger partial charge is 0.317 e. The zero-order chi connectivity index (χ0) is 11.1. The Bertz CT molecular complexity index is 159. The van der Waals surface area contributed by atoms with Crippen molar-refractivity contribution in [3.05, 3.63) is 0 Å². The highest BCUT2D eigenvalue weighted by Gasteiger charge is 2.40. The molecule has 0 aromatic rings. The van der Waals surface area contributed by atoms with Crippen LogP contribution < -0.4 is 5.32 Å². The van der Waals surface area contributed by atoms with Crippen LogP contribution in [0.25, 0.3) is 0 Å². The summed E-state index contributed by atoms with van der Waals surface area (Å²) in [5.41, 5.74) is 0.722. The molecule has 0 spiro atoms. The molecule has 1 aliphatic carbocycles. The zero-order valence-electron chi connectivity index (χ0n) is 10.9. The van der Waals surface area contributed by atoms with Crippen molar-refractivity contribution in [2.75, 3.05) is 13.1 Å². The van der Waals surface area contributed by atoms with Crippen molar-refractivity contribution in [3.63, 3.8) is 0 Å². The Morgan fingerprint density at radius 1 is 1.13 bits per heavy atom. The zero-order valence-corrected chi connectivity index (χ0v) is 10.9. The van der Waals surface area contributed by atoms with E-state index >= 15 is 0 Å². The van der Waals surface area contributed by atoms with E-state index in [0.717, 1.165) is 11.3 Å². The molecule has 0 aromatic heterocycles. The highest BCUT2D eigenvalue weighted by atomic mass is 14.8. The fourth-order valence-corrected chi connectivity index (χ4v) is 2.90. The Morgan fingerprint density at radius 2 is 1.87 bits per heavy atom. The molecule has 0 aromatic carbocycles. The first-order chi connectivity index (χ1) is 7.26. The Labute approximate surface area is 96.0 Å². The molecule has 1 nitrogen and oxygen atoms in total. The van der Waals surface area contributed by atoms with Crippen LogP contribution in [-0.2, 0) is 0 Å². The molecule has 0 saturated heterocycles. The predicted octanol–water partition coefficient (Wildman–Crippen LogP) is 3.98. The maximum Gasteiger partial charge on any atom is -0.00436 e. The molecule has 90 valence electrons. The Hall–Kier alpha value is -0.0400. The second-order valence-corrected chi connectivity index (χ2v) is 5.39. The van der Waals surface area contributed by atoms with E-state index in [0.29, 0.717) is 0 Å². The van der Waals surface area contributed by atoms with Crippen LogP contribution in [0.1, 0.15) is 65.7 Å². The van der Waals surface area contributed by atoms with E-state index in [2.05, 4.69) is 26.1 Å². The van der Waals surface area contributed by atoms with Gasteiger partial charge in [-0.05, 0) is 50.1 Å². The third kappa shape index (κ3) is 3.79. The lowest BCUT2D eigenvalue weighted by Crippen LogP contribution is -2.39. The van der Waals surface area contributed by atoms with Gasteiger partial charge in [-0.25, -0.2) is 0 Å². The number of rotatable bonds is 8. The molecule has 0 heterocycles. The van der Waals surface area contributed by atoms with Crippen LogP contribution in [0.5, 0.6) is 0 Å². The third-order valence-electron chi connectivity index (χ3n) is 4.31. The van der Waals surface area contributed by atoms with Gasteiger partial charge in [0, 0.05) is 0 Å². The molecular weight excluding hydrogens is 182 g/mol. The highest BCUT2D eigenvalue weighted by Crippen LogP contribution is 2.51. The summed E-state index contributed by atoms with van der Waals surface area (Å²) in [6.07, 6.45) is 9.82. The number of nitrogens with one attached hydrogen (secondary N) is 1. The Balaban J connectivity index is 2.08. The minimum absolute atomic E-state index is 0.722. The molecule has 1 fully saturated rings. The Morgan fingerprint density at radius 3 is 2.40 bits per heavy atom. The van der Waals surface area contributed by atoms with Crippen LogP contribution in [-0.4, -0.2) is 13.1 Å². The van der Waals surface area contributed by atoms with E-state index in [4.69, 9.17) is 0 Å². The standard InChI is InChI=1S/C14H29N/c1-4-7-9-15-10-8-14(6-3)11-13(5-2)12-14/h13,15H,4-12H2,1-3H3. The molecular formula is C14H29N. The molecule has 1 rings (SSSR count). The lowest BCUT2D eigenvalue weighted by molar-refractivity contribution is 0.0386.